The van der Waals surface area contributed by atoms with E-state index in [9.17, 15) is 10.1 Å². The number of aromatic nitrogens is 1. The molecule has 0 saturated heterocycles. The smallest absolute Gasteiger partial charge is 0.290 e. The third-order valence-electron chi connectivity index (χ3n) is 1.44. The minimum atomic E-state index is -0.470. The Balaban J connectivity index is 0.00000144. The molecule has 0 amide bonds. The van der Waals surface area contributed by atoms with E-state index in [2.05, 4.69) is 4.98 Å². The molecule has 65 valence electrons. The number of rotatable bonds is 2. The summed E-state index contributed by atoms with van der Waals surface area (Å²) in [5.74, 6) is 0.387. The van der Waals surface area contributed by atoms with Gasteiger partial charge in [0.1, 0.15) is 5.69 Å². The minimum Gasteiger partial charge on any atom is -0.481 e. The summed E-state index contributed by atoms with van der Waals surface area (Å²) >= 11 is 0. The molecule has 1 aromatic rings. The first-order valence-electron chi connectivity index (χ1n) is 3.31. The predicted molar refractivity (Wildman–Crippen MR) is 47.9 cm³/mol. The molecule has 5 nitrogen and oxygen atoms in total. The number of aryl methyl sites for hydroxylation is 1. The normalized spacial score (nSPS) is 8.77. The second kappa shape index (κ2) is 5.16. The van der Waals surface area contributed by atoms with Gasteiger partial charge in [0.25, 0.3) is 5.69 Å². The number of hydrogen-bond acceptors (Lipinski definition) is 4. The van der Waals surface area contributed by atoms with Gasteiger partial charge in [-0.3, -0.25) is 10.1 Å². The van der Waals surface area contributed by atoms with Crippen LogP contribution in [0.4, 0.5) is 5.69 Å². The molecule has 0 aliphatic carbocycles. The Hall–Kier alpha value is -0.650. The van der Waals surface area contributed by atoms with Crippen molar-refractivity contribution >= 4 is 35.2 Å². The maximum atomic E-state index is 10.3. The minimum absolute atomic E-state index is 0. The molecule has 0 saturated carbocycles. The van der Waals surface area contributed by atoms with Crippen molar-refractivity contribution in [2.24, 2.45) is 0 Å². The molecule has 0 N–H and O–H groups in total. The number of ether oxygens (including phenoxy) is 1. The van der Waals surface area contributed by atoms with E-state index in [4.69, 9.17) is 4.74 Å². The van der Waals surface area contributed by atoms with Crippen LogP contribution < -0.4 is 4.74 Å². The molecule has 0 unspecified atom stereocenters. The van der Waals surface area contributed by atoms with Crippen molar-refractivity contribution < 1.29 is 9.66 Å². The molecule has 6 heteroatoms. The molecule has 1 heterocycles. The summed E-state index contributed by atoms with van der Waals surface area (Å²) in [5, 5.41) is 10.3. The fourth-order valence-corrected chi connectivity index (χ4v) is 0.837. The Morgan fingerprint density at radius 2 is 2.15 bits per heavy atom. The molecule has 1 radical (unpaired) electrons. The third kappa shape index (κ3) is 2.95. The Morgan fingerprint density at radius 1 is 1.54 bits per heavy atom. The van der Waals surface area contributed by atoms with E-state index in [0.29, 0.717) is 11.6 Å². The van der Waals surface area contributed by atoms with Crippen LogP contribution in [0.1, 0.15) is 5.69 Å². The monoisotopic (exact) mass is 191 g/mol. The molecule has 0 spiro atoms. The quantitative estimate of drug-likeness (QED) is 0.396. The number of hydrogen-bond donors (Lipinski definition) is 0. The summed E-state index contributed by atoms with van der Waals surface area (Å²) in [6, 6.07) is 2.84. The second-order valence-electron chi connectivity index (χ2n) is 2.22. The zero-order valence-electron chi connectivity index (χ0n) is 7.77. The number of pyridine rings is 1. The van der Waals surface area contributed by atoms with Crippen LogP contribution in [0.3, 0.4) is 0 Å². The van der Waals surface area contributed by atoms with Crippen LogP contribution in [0, 0.1) is 17.0 Å². The van der Waals surface area contributed by atoms with Crippen LogP contribution in [0.2, 0.25) is 0 Å². The van der Waals surface area contributed by atoms with Crippen molar-refractivity contribution in [3.8, 4) is 5.88 Å². The van der Waals surface area contributed by atoms with Gasteiger partial charge in [0, 0.05) is 41.7 Å². The summed E-state index contributed by atoms with van der Waals surface area (Å²) in [5.41, 5.74) is 0.371. The maximum Gasteiger partial charge on any atom is 0.290 e. The van der Waals surface area contributed by atoms with E-state index >= 15 is 0 Å². The molecule has 1 aromatic heterocycles. The molecular formula is C7H8N2NaO3. The van der Waals surface area contributed by atoms with E-state index in [1.54, 1.807) is 6.92 Å². The fraction of sp³-hybridized carbons (Fsp3) is 0.286. The van der Waals surface area contributed by atoms with E-state index in [1.165, 1.54) is 19.2 Å². The van der Waals surface area contributed by atoms with Crippen molar-refractivity contribution in [3.63, 3.8) is 0 Å². The Kier molecular flexibility index (Phi) is 4.90. The maximum absolute atomic E-state index is 10.3. The van der Waals surface area contributed by atoms with Crippen LogP contribution >= 0.6 is 0 Å². The number of nitrogens with zero attached hydrogens (tertiary/aromatic N) is 2. The molecule has 0 fully saturated rings. The van der Waals surface area contributed by atoms with Crippen LogP contribution in [0.5, 0.6) is 5.88 Å². The molecule has 0 bridgehead atoms. The van der Waals surface area contributed by atoms with E-state index in [1.807, 2.05) is 0 Å². The topological polar surface area (TPSA) is 65.3 Å². The van der Waals surface area contributed by atoms with Crippen molar-refractivity contribution in [1.29, 1.82) is 0 Å². The van der Waals surface area contributed by atoms with Gasteiger partial charge in [0.15, 0.2) is 0 Å². The standard InChI is InChI=1S/C7H8N2O3.Na/c1-5-6(9(10)11)3-4-7(8-5)12-2;/h3-4H,1-2H3;. The SMILES string of the molecule is COc1ccc([N+](=O)[O-])c(C)n1.[Na]. The average Bonchev–Trinajstić information content (AvgIpc) is 2.03. The summed E-state index contributed by atoms with van der Waals surface area (Å²) in [4.78, 5) is 13.7. The molecule has 0 atom stereocenters. The molecular weight excluding hydrogens is 183 g/mol. The van der Waals surface area contributed by atoms with Crippen molar-refractivity contribution in [2.45, 2.75) is 6.92 Å². The molecule has 0 aromatic carbocycles. The van der Waals surface area contributed by atoms with Gasteiger partial charge < -0.3 is 4.74 Å². The second-order valence-corrected chi connectivity index (χ2v) is 2.22. The van der Waals surface area contributed by atoms with Gasteiger partial charge in [-0.1, -0.05) is 0 Å². The number of nitro groups is 1. The summed E-state index contributed by atoms with van der Waals surface area (Å²) in [6.07, 6.45) is 0. The Bertz CT molecular complexity index is 317. The van der Waals surface area contributed by atoms with Gasteiger partial charge in [0.2, 0.25) is 5.88 Å². The van der Waals surface area contributed by atoms with E-state index in [0.717, 1.165) is 0 Å². The van der Waals surface area contributed by atoms with Gasteiger partial charge in [-0.2, -0.15) is 0 Å². The van der Waals surface area contributed by atoms with Crippen LogP contribution in [-0.2, 0) is 0 Å². The number of methoxy groups -OCH3 is 1. The fourth-order valence-electron chi connectivity index (χ4n) is 0.837. The van der Waals surface area contributed by atoms with Crippen molar-refractivity contribution in [2.75, 3.05) is 7.11 Å². The van der Waals surface area contributed by atoms with E-state index < -0.39 is 4.92 Å². The third-order valence-corrected chi connectivity index (χ3v) is 1.44. The zero-order valence-corrected chi connectivity index (χ0v) is 9.77. The van der Waals surface area contributed by atoms with Crippen LogP contribution in [0.25, 0.3) is 0 Å². The molecule has 13 heavy (non-hydrogen) atoms. The molecule has 0 aliphatic heterocycles. The first-order valence-corrected chi connectivity index (χ1v) is 3.31. The van der Waals surface area contributed by atoms with Crippen LogP contribution in [0.15, 0.2) is 12.1 Å². The van der Waals surface area contributed by atoms with Gasteiger partial charge >= 0.3 is 0 Å². The van der Waals surface area contributed by atoms with Crippen molar-refractivity contribution in [1.82, 2.24) is 4.98 Å². The van der Waals surface area contributed by atoms with Gasteiger partial charge in [-0.05, 0) is 6.92 Å². The van der Waals surface area contributed by atoms with E-state index in [-0.39, 0.29) is 35.2 Å². The van der Waals surface area contributed by atoms with Gasteiger partial charge in [-0.15, -0.1) is 0 Å². The summed E-state index contributed by atoms with van der Waals surface area (Å²) in [7, 11) is 1.47. The average molecular weight is 191 g/mol. The Morgan fingerprint density at radius 3 is 2.54 bits per heavy atom. The summed E-state index contributed by atoms with van der Waals surface area (Å²) in [6.45, 7) is 1.57. The Labute approximate surface area is 97.6 Å². The predicted octanol–water partition coefficient (Wildman–Crippen LogP) is 0.926. The van der Waals surface area contributed by atoms with Gasteiger partial charge in [-0.25, -0.2) is 4.98 Å². The first kappa shape index (κ1) is 12.3. The first-order chi connectivity index (χ1) is 5.65. The van der Waals surface area contributed by atoms with Crippen LogP contribution in [-0.4, -0.2) is 46.6 Å². The molecule has 1 rings (SSSR count). The largest absolute Gasteiger partial charge is 0.481 e. The van der Waals surface area contributed by atoms with Gasteiger partial charge in [0.05, 0.1) is 12.0 Å². The summed E-state index contributed by atoms with van der Waals surface area (Å²) < 4.78 is 4.80. The zero-order chi connectivity index (χ0) is 9.14. The molecule has 0 aliphatic rings. The van der Waals surface area contributed by atoms with Crippen molar-refractivity contribution in [3.05, 3.63) is 27.9 Å².